The number of halogens is 1. The molecule has 5 heteroatoms. The van der Waals surface area contributed by atoms with Crippen molar-refractivity contribution >= 4 is 34.7 Å². The fourth-order valence-electron chi connectivity index (χ4n) is 1.20. The molecule has 0 atom stereocenters. The van der Waals surface area contributed by atoms with Gasteiger partial charge in [-0.1, -0.05) is 18.2 Å². The number of hydrazone groups is 1. The zero-order valence-corrected chi connectivity index (χ0v) is 10.9. The van der Waals surface area contributed by atoms with Crippen molar-refractivity contribution in [3.63, 3.8) is 0 Å². The van der Waals surface area contributed by atoms with Gasteiger partial charge in [-0.25, -0.2) is 5.43 Å². The summed E-state index contributed by atoms with van der Waals surface area (Å²) in [7, 11) is 0. The molecule has 0 aliphatic rings. The maximum atomic E-state index is 11.5. The van der Waals surface area contributed by atoms with Gasteiger partial charge < -0.3 is 4.42 Å². The van der Waals surface area contributed by atoms with Crippen molar-refractivity contribution in [2.75, 3.05) is 0 Å². The van der Waals surface area contributed by atoms with Crippen LogP contribution in [0, 0.1) is 3.57 Å². The lowest BCUT2D eigenvalue weighted by atomic mass is 10.2. The predicted octanol–water partition coefficient (Wildman–Crippen LogP) is 2.65. The molecular weight excluding hydrogens is 331 g/mol. The second-order valence-corrected chi connectivity index (χ2v) is 4.36. The number of carbonyl (C=O) groups excluding carboxylic acids is 1. The van der Waals surface area contributed by atoms with Crippen LogP contribution in [0.4, 0.5) is 0 Å². The lowest BCUT2D eigenvalue weighted by Gasteiger charge is -1.97. The number of amides is 1. The molecule has 4 nitrogen and oxygen atoms in total. The maximum absolute atomic E-state index is 11.5. The van der Waals surface area contributed by atoms with Gasteiger partial charge in [0.25, 0.3) is 0 Å². The van der Waals surface area contributed by atoms with E-state index in [0.29, 0.717) is 0 Å². The highest BCUT2D eigenvalue weighted by Gasteiger charge is 2.05. The van der Waals surface area contributed by atoms with Crippen molar-refractivity contribution < 1.29 is 9.21 Å². The molecule has 0 radical (unpaired) electrons. The summed E-state index contributed by atoms with van der Waals surface area (Å²) in [6, 6.07) is 11.0. The largest absolute Gasteiger partial charge is 0.459 e. The van der Waals surface area contributed by atoms with Crippen LogP contribution in [0.5, 0.6) is 0 Å². The first-order chi connectivity index (χ1) is 8.27. The number of rotatable bonds is 3. The van der Waals surface area contributed by atoms with Gasteiger partial charge in [0.2, 0.25) is 0 Å². The molecule has 0 fully saturated rings. The molecule has 0 aliphatic carbocycles. The number of hydrogen-bond acceptors (Lipinski definition) is 3. The number of benzene rings is 1. The van der Waals surface area contributed by atoms with Crippen molar-refractivity contribution in [2.45, 2.75) is 0 Å². The van der Waals surface area contributed by atoms with Gasteiger partial charge in [0.05, 0.1) is 12.5 Å². The Morgan fingerprint density at radius 2 is 2.12 bits per heavy atom. The molecule has 1 aromatic carbocycles. The molecule has 1 N–H and O–H groups in total. The molecule has 2 aromatic rings. The van der Waals surface area contributed by atoms with Crippen molar-refractivity contribution in [3.05, 3.63) is 57.6 Å². The van der Waals surface area contributed by atoms with E-state index < -0.39 is 0 Å². The van der Waals surface area contributed by atoms with Crippen molar-refractivity contribution in [3.8, 4) is 0 Å². The zero-order valence-electron chi connectivity index (χ0n) is 8.76. The summed E-state index contributed by atoms with van der Waals surface area (Å²) in [5.74, 6) is -0.123. The monoisotopic (exact) mass is 340 g/mol. The van der Waals surface area contributed by atoms with E-state index in [4.69, 9.17) is 4.42 Å². The third-order valence-electron chi connectivity index (χ3n) is 2.02. The number of carbonyl (C=O) groups is 1. The summed E-state index contributed by atoms with van der Waals surface area (Å²) in [4.78, 5) is 11.5. The van der Waals surface area contributed by atoms with Gasteiger partial charge in [0, 0.05) is 9.13 Å². The average Bonchev–Trinajstić information content (AvgIpc) is 2.85. The van der Waals surface area contributed by atoms with Gasteiger partial charge in [-0.05, 0) is 40.8 Å². The molecule has 1 heterocycles. The van der Waals surface area contributed by atoms with Gasteiger partial charge in [-0.3, -0.25) is 4.79 Å². The fourth-order valence-corrected chi connectivity index (χ4v) is 1.73. The van der Waals surface area contributed by atoms with Crippen molar-refractivity contribution in [2.24, 2.45) is 5.10 Å². The summed E-state index contributed by atoms with van der Waals surface area (Å²) in [6.07, 6.45) is 3.04. The van der Waals surface area contributed by atoms with E-state index in [-0.39, 0.29) is 11.7 Å². The van der Waals surface area contributed by atoms with Crippen molar-refractivity contribution in [1.29, 1.82) is 0 Å². The van der Waals surface area contributed by atoms with Crippen LogP contribution in [0.1, 0.15) is 16.1 Å². The lowest BCUT2D eigenvalue weighted by molar-refractivity contribution is 0.0927. The van der Waals surface area contributed by atoms with Gasteiger partial charge in [0.15, 0.2) is 5.76 Å². The Labute approximate surface area is 112 Å². The molecule has 0 unspecified atom stereocenters. The molecule has 2 rings (SSSR count). The number of hydrogen-bond donors (Lipinski definition) is 1. The van der Waals surface area contributed by atoms with Crippen LogP contribution >= 0.6 is 22.6 Å². The minimum Gasteiger partial charge on any atom is -0.459 e. The third kappa shape index (κ3) is 3.16. The van der Waals surface area contributed by atoms with Crippen LogP contribution in [-0.2, 0) is 0 Å². The van der Waals surface area contributed by atoms with Crippen LogP contribution in [-0.4, -0.2) is 12.1 Å². The summed E-state index contributed by atoms with van der Waals surface area (Å²) in [5, 5.41) is 3.87. The first-order valence-electron chi connectivity index (χ1n) is 4.89. The Morgan fingerprint density at radius 3 is 2.82 bits per heavy atom. The highest BCUT2D eigenvalue weighted by atomic mass is 127. The minimum atomic E-state index is -0.364. The van der Waals surface area contributed by atoms with Gasteiger partial charge in [-0.15, -0.1) is 0 Å². The Morgan fingerprint density at radius 1 is 1.29 bits per heavy atom. The SMILES string of the molecule is O=C(NN=Cc1ccccc1I)c1ccco1. The molecule has 0 saturated carbocycles. The van der Waals surface area contributed by atoms with E-state index >= 15 is 0 Å². The Bertz CT molecular complexity index is 535. The molecule has 1 amide bonds. The normalized spacial score (nSPS) is 10.6. The average molecular weight is 340 g/mol. The smallest absolute Gasteiger partial charge is 0.307 e. The van der Waals surface area contributed by atoms with Gasteiger partial charge in [-0.2, -0.15) is 5.10 Å². The van der Waals surface area contributed by atoms with E-state index in [0.717, 1.165) is 9.13 Å². The zero-order chi connectivity index (χ0) is 12.1. The quantitative estimate of drug-likeness (QED) is 0.531. The summed E-state index contributed by atoms with van der Waals surface area (Å²) in [6.45, 7) is 0. The fraction of sp³-hybridized carbons (Fsp3) is 0. The van der Waals surface area contributed by atoms with E-state index in [1.165, 1.54) is 6.26 Å². The third-order valence-corrected chi connectivity index (χ3v) is 3.00. The molecule has 0 aliphatic heterocycles. The highest BCUT2D eigenvalue weighted by Crippen LogP contribution is 2.08. The molecule has 0 saturated heterocycles. The lowest BCUT2D eigenvalue weighted by Crippen LogP contribution is -2.16. The second kappa shape index (κ2) is 5.62. The second-order valence-electron chi connectivity index (χ2n) is 3.20. The van der Waals surface area contributed by atoms with Crippen LogP contribution < -0.4 is 5.43 Å². The van der Waals surface area contributed by atoms with Crippen LogP contribution in [0.25, 0.3) is 0 Å². The Balaban J connectivity index is 1.99. The summed E-state index contributed by atoms with van der Waals surface area (Å²) >= 11 is 2.21. The molecule has 86 valence electrons. The number of furan rings is 1. The van der Waals surface area contributed by atoms with Crippen LogP contribution in [0.2, 0.25) is 0 Å². The van der Waals surface area contributed by atoms with Gasteiger partial charge in [0.1, 0.15) is 0 Å². The maximum Gasteiger partial charge on any atom is 0.307 e. The Hall–Kier alpha value is -1.63. The first-order valence-corrected chi connectivity index (χ1v) is 5.96. The van der Waals surface area contributed by atoms with E-state index in [1.54, 1.807) is 18.3 Å². The van der Waals surface area contributed by atoms with Crippen LogP contribution in [0.15, 0.2) is 52.2 Å². The highest BCUT2D eigenvalue weighted by molar-refractivity contribution is 14.1. The first kappa shape index (κ1) is 11.8. The Kier molecular flexibility index (Phi) is 3.92. The van der Waals surface area contributed by atoms with E-state index in [9.17, 15) is 4.79 Å². The summed E-state index contributed by atoms with van der Waals surface area (Å²) in [5.41, 5.74) is 3.35. The molecule has 0 bridgehead atoms. The topological polar surface area (TPSA) is 54.6 Å². The summed E-state index contributed by atoms with van der Waals surface area (Å²) < 4.78 is 6.00. The van der Waals surface area contributed by atoms with Crippen molar-refractivity contribution in [1.82, 2.24) is 5.43 Å². The minimum absolute atomic E-state index is 0.241. The molecule has 17 heavy (non-hydrogen) atoms. The predicted molar refractivity (Wildman–Crippen MR) is 72.9 cm³/mol. The van der Waals surface area contributed by atoms with Gasteiger partial charge >= 0.3 is 5.91 Å². The van der Waals surface area contributed by atoms with Crippen LogP contribution in [0.3, 0.4) is 0 Å². The number of nitrogens with one attached hydrogen (secondary N) is 1. The van der Waals surface area contributed by atoms with E-state index in [1.807, 2.05) is 24.3 Å². The molecule has 1 aromatic heterocycles. The molecular formula is C12H9IN2O2. The standard InChI is InChI=1S/C12H9IN2O2/c13-10-5-2-1-4-9(10)8-14-15-12(16)11-6-3-7-17-11/h1-8H,(H,15,16). The molecule has 0 spiro atoms. The number of nitrogens with zero attached hydrogens (tertiary/aromatic N) is 1. The van der Waals surface area contributed by atoms with E-state index in [2.05, 4.69) is 33.1 Å².